The van der Waals surface area contributed by atoms with Gasteiger partial charge in [0.1, 0.15) is 17.8 Å². The molecule has 3 amide bonds. The molecule has 170 valence electrons. The molecule has 8 nitrogen and oxygen atoms in total. The summed E-state index contributed by atoms with van der Waals surface area (Å²) in [7, 11) is 0. The third-order valence-electron chi connectivity index (χ3n) is 5.88. The molecule has 32 heavy (non-hydrogen) atoms. The Morgan fingerprint density at radius 2 is 2.00 bits per heavy atom. The number of H-pyrrole nitrogens is 1. The lowest BCUT2D eigenvalue weighted by Crippen LogP contribution is -2.50. The van der Waals surface area contributed by atoms with Crippen LogP contribution >= 0.6 is 0 Å². The van der Waals surface area contributed by atoms with E-state index in [4.69, 9.17) is 0 Å². The maximum atomic E-state index is 13.1. The first-order chi connectivity index (χ1) is 15.3. The lowest BCUT2D eigenvalue weighted by Gasteiger charge is -2.22. The van der Waals surface area contributed by atoms with E-state index in [0.717, 1.165) is 16.5 Å². The normalized spacial score (nSPS) is 17.6. The van der Waals surface area contributed by atoms with E-state index in [0.29, 0.717) is 31.5 Å². The van der Waals surface area contributed by atoms with Crippen LogP contribution in [0.25, 0.3) is 10.9 Å². The maximum Gasteiger partial charge on any atom is 0.268 e. The number of nitrogens with zero attached hydrogens (tertiary/aromatic N) is 1. The quantitative estimate of drug-likeness (QED) is 0.480. The molecule has 1 aromatic carbocycles. The minimum atomic E-state index is -0.790. The lowest BCUT2D eigenvalue weighted by molar-refractivity contribution is -0.125. The van der Waals surface area contributed by atoms with Crippen LogP contribution < -0.4 is 16.0 Å². The summed E-state index contributed by atoms with van der Waals surface area (Å²) in [6.07, 6.45) is 2.02. The number of amides is 3. The third kappa shape index (κ3) is 5.28. The third-order valence-corrected chi connectivity index (χ3v) is 5.88. The van der Waals surface area contributed by atoms with Crippen molar-refractivity contribution in [2.24, 2.45) is 11.8 Å². The number of fused-ring (bicyclic) bond motifs is 1. The second-order valence-electron chi connectivity index (χ2n) is 8.74. The van der Waals surface area contributed by atoms with Crippen LogP contribution in [0.5, 0.6) is 0 Å². The van der Waals surface area contributed by atoms with E-state index in [1.54, 1.807) is 0 Å². The Morgan fingerprint density at radius 3 is 2.62 bits per heavy atom. The van der Waals surface area contributed by atoms with Crippen molar-refractivity contribution < 1.29 is 14.4 Å². The van der Waals surface area contributed by atoms with E-state index in [2.05, 4.69) is 27.0 Å². The Bertz CT molecular complexity index is 1040. The van der Waals surface area contributed by atoms with E-state index in [1.807, 2.05) is 45.0 Å². The number of hydrogen-bond donors (Lipinski definition) is 4. The second-order valence-corrected chi connectivity index (χ2v) is 8.74. The first-order valence-corrected chi connectivity index (χ1v) is 11.2. The molecule has 1 aromatic heterocycles. The summed E-state index contributed by atoms with van der Waals surface area (Å²) in [5.74, 6) is -0.969. The van der Waals surface area contributed by atoms with E-state index in [1.165, 1.54) is 0 Å². The number of hydrogen-bond acceptors (Lipinski definition) is 4. The zero-order chi connectivity index (χ0) is 23.3. The van der Waals surface area contributed by atoms with Crippen LogP contribution in [-0.4, -0.2) is 41.3 Å². The minimum absolute atomic E-state index is 0.0857. The average molecular weight is 438 g/mol. The van der Waals surface area contributed by atoms with Gasteiger partial charge in [0.15, 0.2) is 0 Å². The maximum absolute atomic E-state index is 13.1. The van der Waals surface area contributed by atoms with Crippen LogP contribution in [0, 0.1) is 23.2 Å². The van der Waals surface area contributed by atoms with Crippen molar-refractivity contribution in [3.63, 3.8) is 0 Å². The standard InChI is InChI=1S/C24H31N5O3/c1-4-17-18-7-5-6-8-19(18)28-21(17)24(32)29-20(11-14(2)3)23(31)27-16(13-25)12-15-9-10-26-22(15)30/h5-8,14-16,20,28H,4,9-12H2,1-3H3,(H,26,30)(H,27,31)(H,29,32)/t15-,16-,20-/m0/s1. The van der Waals surface area contributed by atoms with Gasteiger partial charge in [-0.25, -0.2) is 0 Å². The molecule has 1 fully saturated rings. The molecule has 0 saturated carbocycles. The van der Waals surface area contributed by atoms with E-state index in [9.17, 15) is 19.6 Å². The van der Waals surface area contributed by atoms with E-state index >= 15 is 0 Å². The smallest absolute Gasteiger partial charge is 0.268 e. The molecular weight excluding hydrogens is 406 g/mol. The number of carbonyl (C=O) groups is 3. The van der Waals surface area contributed by atoms with Crippen molar-refractivity contribution in [1.82, 2.24) is 20.9 Å². The summed E-state index contributed by atoms with van der Waals surface area (Å²) < 4.78 is 0. The molecule has 1 aliphatic rings. The van der Waals surface area contributed by atoms with Crippen LogP contribution in [0.15, 0.2) is 24.3 Å². The number of rotatable bonds is 9. The number of benzene rings is 1. The van der Waals surface area contributed by atoms with Gasteiger partial charge in [-0.05, 0) is 43.2 Å². The Balaban J connectivity index is 1.74. The Kier molecular flexibility index (Phi) is 7.52. The average Bonchev–Trinajstić information content (AvgIpc) is 3.35. The first kappa shape index (κ1) is 23.3. The fraction of sp³-hybridized carbons (Fsp3) is 0.500. The number of aromatic amines is 1. The zero-order valence-electron chi connectivity index (χ0n) is 18.8. The summed E-state index contributed by atoms with van der Waals surface area (Å²) in [5, 5.41) is 18.8. The summed E-state index contributed by atoms with van der Waals surface area (Å²) in [5.41, 5.74) is 2.23. The topological polar surface area (TPSA) is 127 Å². The van der Waals surface area contributed by atoms with Crippen molar-refractivity contribution in [3.05, 3.63) is 35.5 Å². The summed E-state index contributed by atoms with van der Waals surface area (Å²) in [6, 6.07) is 8.22. The van der Waals surface area contributed by atoms with Gasteiger partial charge < -0.3 is 20.9 Å². The van der Waals surface area contributed by atoms with E-state index < -0.39 is 18.0 Å². The van der Waals surface area contributed by atoms with Gasteiger partial charge in [0.25, 0.3) is 5.91 Å². The Morgan fingerprint density at radius 1 is 1.25 bits per heavy atom. The molecule has 0 spiro atoms. The highest BCUT2D eigenvalue weighted by Gasteiger charge is 2.30. The van der Waals surface area contributed by atoms with Gasteiger partial charge >= 0.3 is 0 Å². The Hall–Kier alpha value is -3.34. The number of nitrogens with one attached hydrogen (secondary N) is 4. The van der Waals surface area contributed by atoms with Crippen LogP contribution in [-0.2, 0) is 16.0 Å². The molecule has 1 aliphatic heterocycles. The predicted molar refractivity (Wildman–Crippen MR) is 122 cm³/mol. The highest BCUT2D eigenvalue weighted by molar-refractivity contribution is 6.02. The van der Waals surface area contributed by atoms with E-state index in [-0.39, 0.29) is 30.1 Å². The predicted octanol–water partition coefficient (Wildman–Crippen LogP) is 2.41. The van der Waals surface area contributed by atoms with Crippen LogP contribution in [0.2, 0.25) is 0 Å². The molecule has 4 N–H and O–H groups in total. The van der Waals surface area contributed by atoms with Gasteiger partial charge in [-0.15, -0.1) is 0 Å². The van der Waals surface area contributed by atoms with Crippen molar-refractivity contribution in [2.45, 2.75) is 58.5 Å². The SMILES string of the molecule is CCc1c(C(=O)N[C@@H](CC(C)C)C(=O)N[C@H](C#N)C[C@@H]2CCNC2=O)[nH]c2ccccc12. The highest BCUT2D eigenvalue weighted by Crippen LogP contribution is 2.23. The summed E-state index contributed by atoms with van der Waals surface area (Å²) in [4.78, 5) is 41.1. The van der Waals surface area contributed by atoms with Crippen LogP contribution in [0.3, 0.4) is 0 Å². The van der Waals surface area contributed by atoms with Crippen molar-refractivity contribution in [2.75, 3.05) is 6.54 Å². The fourth-order valence-electron chi connectivity index (χ4n) is 4.27. The molecule has 8 heteroatoms. The van der Waals surface area contributed by atoms with Gasteiger partial charge in [-0.1, -0.05) is 39.0 Å². The minimum Gasteiger partial charge on any atom is -0.356 e. The lowest BCUT2D eigenvalue weighted by atomic mass is 9.98. The molecule has 3 rings (SSSR count). The molecule has 0 bridgehead atoms. The molecule has 2 heterocycles. The summed E-state index contributed by atoms with van der Waals surface area (Å²) >= 11 is 0. The van der Waals surface area contributed by atoms with Gasteiger partial charge in [0.2, 0.25) is 11.8 Å². The largest absolute Gasteiger partial charge is 0.356 e. The van der Waals surface area contributed by atoms with Gasteiger partial charge in [0, 0.05) is 23.4 Å². The highest BCUT2D eigenvalue weighted by atomic mass is 16.2. The Labute approximate surface area is 188 Å². The molecule has 0 unspecified atom stereocenters. The van der Waals surface area contributed by atoms with Crippen molar-refractivity contribution >= 4 is 28.6 Å². The fourth-order valence-corrected chi connectivity index (χ4v) is 4.27. The number of para-hydroxylation sites is 1. The molecule has 3 atom stereocenters. The number of aromatic nitrogens is 1. The number of carbonyl (C=O) groups excluding carboxylic acids is 3. The van der Waals surface area contributed by atoms with Gasteiger partial charge in [-0.3, -0.25) is 14.4 Å². The molecular formula is C24H31N5O3. The summed E-state index contributed by atoms with van der Waals surface area (Å²) in [6.45, 7) is 6.52. The molecule has 0 aliphatic carbocycles. The van der Waals surface area contributed by atoms with Crippen LogP contribution in [0.1, 0.15) is 56.1 Å². The van der Waals surface area contributed by atoms with Crippen molar-refractivity contribution in [3.8, 4) is 6.07 Å². The zero-order valence-corrected chi connectivity index (χ0v) is 18.8. The number of nitriles is 1. The van der Waals surface area contributed by atoms with Gasteiger partial charge in [0.05, 0.1) is 6.07 Å². The van der Waals surface area contributed by atoms with Crippen molar-refractivity contribution in [1.29, 1.82) is 5.26 Å². The first-order valence-electron chi connectivity index (χ1n) is 11.2. The molecule has 0 radical (unpaired) electrons. The number of aryl methyl sites for hydroxylation is 1. The monoisotopic (exact) mass is 437 g/mol. The van der Waals surface area contributed by atoms with Crippen LogP contribution in [0.4, 0.5) is 0 Å². The molecule has 2 aromatic rings. The molecule has 1 saturated heterocycles. The van der Waals surface area contributed by atoms with Gasteiger partial charge in [-0.2, -0.15) is 5.26 Å². The second kappa shape index (κ2) is 10.3.